The molecule has 0 N–H and O–H groups in total. The van der Waals surface area contributed by atoms with Crippen LogP contribution in [0.5, 0.6) is 11.5 Å². The van der Waals surface area contributed by atoms with E-state index < -0.39 is 0 Å². The van der Waals surface area contributed by atoms with Gasteiger partial charge < -0.3 is 9.47 Å². The van der Waals surface area contributed by atoms with E-state index in [4.69, 9.17) is 9.47 Å². The van der Waals surface area contributed by atoms with E-state index in [1.807, 2.05) is 18.2 Å². The second-order valence-corrected chi connectivity index (χ2v) is 3.85. The van der Waals surface area contributed by atoms with Crippen LogP contribution < -0.4 is 9.47 Å². The van der Waals surface area contributed by atoms with Gasteiger partial charge in [0, 0.05) is 11.4 Å². The van der Waals surface area contributed by atoms with Gasteiger partial charge in [-0.2, -0.15) is 0 Å². The third-order valence-electron chi connectivity index (χ3n) is 2.17. The molecule has 0 saturated heterocycles. The summed E-state index contributed by atoms with van der Waals surface area (Å²) >= 11 is 3.46. The van der Waals surface area contributed by atoms with Crippen LogP contribution in [0.25, 0.3) is 0 Å². The average molecular weight is 259 g/mol. The van der Waals surface area contributed by atoms with Gasteiger partial charge in [-0.1, -0.05) is 22.9 Å². The first kappa shape index (κ1) is 11.4. The minimum atomic E-state index is 0.457. The van der Waals surface area contributed by atoms with Crippen LogP contribution in [0.2, 0.25) is 0 Å². The second kappa shape index (κ2) is 5.25. The molecule has 1 atom stereocenters. The van der Waals surface area contributed by atoms with Crippen molar-refractivity contribution in [2.45, 2.75) is 12.8 Å². The normalized spacial score (nSPS) is 12.3. The molecule has 1 aromatic rings. The fraction of sp³-hybridized carbons (Fsp3) is 0.455. The smallest absolute Gasteiger partial charge is 0.122 e. The van der Waals surface area contributed by atoms with Crippen LogP contribution in [0, 0.1) is 0 Å². The zero-order valence-electron chi connectivity index (χ0n) is 8.71. The van der Waals surface area contributed by atoms with Gasteiger partial charge in [0.15, 0.2) is 0 Å². The Balaban J connectivity index is 3.04. The van der Waals surface area contributed by atoms with Crippen LogP contribution in [0.4, 0.5) is 0 Å². The minimum Gasteiger partial charge on any atom is -0.497 e. The van der Waals surface area contributed by atoms with E-state index in [0.29, 0.717) is 5.92 Å². The van der Waals surface area contributed by atoms with E-state index in [1.165, 1.54) is 5.56 Å². The molecule has 0 aliphatic heterocycles. The fourth-order valence-electron chi connectivity index (χ4n) is 1.20. The molecule has 0 aliphatic rings. The van der Waals surface area contributed by atoms with Gasteiger partial charge in [0.2, 0.25) is 0 Å². The monoisotopic (exact) mass is 258 g/mol. The maximum Gasteiger partial charge on any atom is 0.122 e. The highest BCUT2D eigenvalue weighted by molar-refractivity contribution is 9.09. The molecule has 3 heteroatoms. The van der Waals surface area contributed by atoms with Crippen molar-refractivity contribution in [3.63, 3.8) is 0 Å². The van der Waals surface area contributed by atoms with Gasteiger partial charge in [0.05, 0.1) is 14.2 Å². The summed E-state index contributed by atoms with van der Waals surface area (Å²) in [6.07, 6.45) is 0. The molecule has 0 aliphatic carbocycles. The number of rotatable bonds is 4. The number of alkyl halides is 1. The van der Waals surface area contributed by atoms with E-state index in [-0.39, 0.29) is 0 Å². The Morgan fingerprint density at radius 2 is 1.64 bits per heavy atom. The summed E-state index contributed by atoms with van der Waals surface area (Å²) in [7, 11) is 3.33. The predicted octanol–water partition coefficient (Wildman–Crippen LogP) is 3.20. The molecule has 1 rings (SSSR count). The summed E-state index contributed by atoms with van der Waals surface area (Å²) in [5.41, 5.74) is 1.22. The highest BCUT2D eigenvalue weighted by atomic mass is 79.9. The van der Waals surface area contributed by atoms with Crippen LogP contribution in [-0.2, 0) is 0 Å². The average Bonchev–Trinajstić information content (AvgIpc) is 2.27. The van der Waals surface area contributed by atoms with Crippen molar-refractivity contribution in [3.05, 3.63) is 23.8 Å². The summed E-state index contributed by atoms with van der Waals surface area (Å²) in [5.74, 6) is 2.14. The largest absolute Gasteiger partial charge is 0.497 e. The Morgan fingerprint density at radius 1 is 1.14 bits per heavy atom. The third-order valence-corrected chi connectivity index (χ3v) is 3.15. The molecule has 0 bridgehead atoms. The lowest BCUT2D eigenvalue weighted by atomic mass is 10.0. The Labute approximate surface area is 93.4 Å². The Bertz CT molecular complexity index is 277. The number of hydrogen-bond donors (Lipinski definition) is 0. The molecule has 0 amide bonds. The van der Waals surface area contributed by atoms with Gasteiger partial charge in [0.25, 0.3) is 0 Å². The molecule has 1 aromatic carbocycles. The molecule has 0 heterocycles. The molecule has 14 heavy (non-hydrogen) atoms. The van der Waals surface area contributed by atoms with Crippen LogP contribution in [0.15, 0.2) is 18.2 Å². The predicted molar refractivity (Wildman–Crippen MR) is 61.8 cm³/mol. The third kappa shape index (κ3) is 2.64. The number of methoxy groups -OCH3 is 2. The van der Waals surface area contributed by atoms with Gasteiger partial charge in [0.1, 0.15) is 11.5 Å². The van der Waals surface area contributed by atoms with Crippen molar-refractivity contribution in [3.8, 4) is 11.5 Å². The summed E-state index contributed by atoms with van der Waals surface area (Å²) < 4.78 is 10.4. The van der Waals surface area contributed by atoms with Gasteiger partial charge >= 0.3 is 0 Å². The Kier molecular flexibility index (Phi) is 4.26. The zero-order chi connectivity index (χ0) is 10.6. The van der Waals surface area contributed by atoms with E-state index in [9.17, 15) is 0 Å². The van der Waals surface area contributed by atoms with Crippen molar-refractivity contribution in [1.29, 1.82) is 0 Å². The lowest BCUT2D eigenvalue weighted by Crippen LogP contribution is -1.96. The van der Waals surface area contributed by atoms with Crippen LogP contribution in [0.3, 0.4) is 0 Å². The van der Waals surface area contributed by atoms with Gasteiger partial charge in [-0.15, -0.1) is 0 Å². The van der Waals surface area contributed by atoms with Gasteiger partial charge in [-0.3, -0.25) is 0 Å². The summed E-state index contributed by atoms with van der Waals surface area (Å²) in [4.78, 5) is 0. The van der Waals surface area contributed by atoms with Crippen molar-refractivity contribution < 1.29 is 9.47 Å². The highest BCUT2D eigenvalue weighted by Gasteiger charge is 2.07. The molecule has 0 aromatic heterocycles. The number of halogens is 1. The summed E-state index contributed by atoms with van der Waals surface area (Å²) in [6.45, 7) is 2.16. The van der Waals surface area contributed by atoms with Crippen molar-refractivity contribution >= 4 is 15.9 Å². The molecule has 1 unspecified atom stereocenters. The molecule has 0 spiro atoms. The fourth-order valence-corrected chi connectivity index (χ4v) is 1.58. The van der Waals surface area contributed by atoms with Crippen LogP contribution >= 0.6 is 15.9 Å². The Morgan fingerprint density at radius 3 is 2.00 bits per heavy atom. The highest BCUT2D eigenvalue weighted by Crippen LogP contribution is 2.27. The lowest BCUT2D eigenvalue weighted by molar-refractivity contribution is 0.393. The zero-order valence-corrected chi connectivity index (χ0v) is 10.3. The van der Waals surface area contributed by atoms with Gasteiger partial charge in [-0.05, 0) is 23.6 Å². The maximum atomic E-state index is 5.20. The number of hydrogen-bond acceptors (Lipinski definition) is 2. The lowest BCUT2D eigenvalue weighted by Gasteiger charge is -2.12. The van der Waals surface area contributed by atoms with Crippen molar-refractivity contribution in [1.82, 2.24) is 0 Å². The molecular weight excluding hydrogens is 244 g/mol. The first-order chi connectivity index (χ1) is 6.71. The molecule has 0 fully saturated rings. The molecule has 0 saturated carbocycles. The molecular formula is C11H15BrO2. The summed E-state index contributed by atoms with van der Waals surface area (Å²) in [6, 6.07) is 5.95. The maximum absolute atomic E-state index is 5.20. The van der Waals surface area contributed by atoms with Crippen LogP contribution in [0.1, 0.15) is 18.4 Å². The quantitative estimate of drug-likeness (QED) is 0.773. The second-order valence-electron chi connectivity index (χ2n) is 3.20. The van der Waals surface area contributed by atoms with Crippen molar-refractivity contribution in [2.24, 2.45) is 0 Å². The SMILES string of the molecule is COc1cc(OC)cc(C(C)CBr)c1. The number of ether oxygens (including phenoxy) is 2. The topological polar surface area (TPSA) is 18.5 Å². The van der Waals surface area contributed by atoms with E-state index in [1.54, 1.807) is 14.2 Å². The first-order valence-corrected chi connectivity index (χ1v) is 5.62. The van der Waals surface area contributed by atoms with Gasteiger partial charge in [-0.25, -0.2) is 0 Å². The molecule has 2 nitrogen and oxygen atoms in total. The number of benzene rings is 1. The molecule has 0 radical (unpaired) electrons. The standard InChI is InChI=1S/C11H15BrO2/c1-8(7-12)9-4-10(13-2)6-11(5-9)14-3/h4-6,8H,7H2,1-3H3. The molecule has 78 valence electrons. The van der Waals surface area contributed by atoms with Crippen molar-refractivity contribution in [2.75, 3.05) is 19.5 Å². The first-order valence-electron chi connectivity index (χ1n) is 4.50. The minimum absolute atomic E-state index is 0.457. The van der Waals surface area contributed by atoms with E-state index in [0.717, 1.165) is 16.8 Å². The van der Waals surface area contributed by atoms with E-state index >= 15 is 0 Å². The Hall–Kier alpha value is -0.700. The summed E-state index contributed by atoms with van der Waals surface area (Å²) in [5, 5.41) is 0.934. The van der Waals surface area contributed by atoms with E-state index in [2.05, 4.69) is 22.9 Å². The van der Waals surface area contributed by atoms with Crippen LogP contribution in [-0.4, -0.2) is 19.5 Å².